The lowest BCUT2D eigenvalue weighted by Gasteiger charge is -2.13. The molecule has 0 saturated heterocycles. The number of hydrogen-bond acceptors (Lipinski definition) is 5. The monoisotopic (exact) mass is 301 g/mol. The average Bonchev–Trinajstić information content (AvgIpc) is 3.31. The molecule has 1 aromatic carbocycles. The topological polar surface area (TPSA) is 101 Å². The number of aromatic nitrogens is 2. The van der Waals surface area contributed by atoms with Crippen molar-refractivity contribution in [2.24, 2.45) is 0 Å². The van der Waals surface area contributed by atoms with E-state index in [-0.39, 0.29) is 23.2 Å². The van der Waals surface area contributed by atoms with Gasteiger partial charge in [-0.3, -0.25) is 9.59 Å². The van der Waals surface area contributed by atoms with Crippen LogP contribution in [-0.2, 0) is 9.53 Å². The molecule has 114 valence electrons. The first-order valence-corrected chi connectivity index (χ1v) is 7.05. The smallest absolute Gasteiger partial charge is 0.360 e. The van der Waals surface area contributed by atoms with Gasteiger partial charge < -0.3 is 10.1 Å². The summed E-state index contributed by atoms with van der Waals surface area (Å²) in [5.41, 5.74) is -0.395. The highest BCUT2D eigenvalue weighted by atomic mass is 16.5. The number of ether oxygens (including phenoxy) is 1. The van der Waals surface area contributed by atoms with Crippen molar-refractivity contribution < 1.29 is 14.3 Å². The molecule has 1 aliphatic carbocycles. The van der Waals surface area contributed by atoms with Crippen molar-refractivity contribution in [3.63, 3.8) is 0 Å². The molecule has 2 N–H and O–H groups in total. The minimum absolute atomic E-state index is 0.0127. The second-order valence-corrected chi connectivity index (χ2v) is 5.28. The van der Waals surface area contributed by atoms with Crippen LogP contribution in [0.25, 0.3) is 10.8 Å². The Hall–Kier alpha value is -2.70. The summed E-state index contributed by atoms with van der Waals surface area (Å²) in [6.45, 7) is 1.50. The number of benzene rings is 1. The number of hydrogen-bond donors (Lipinski definition) is 2. The van der Waals surface area contributed by atoms with Crippen molar-refractivity contribution in [1.82, 2.24) is 15.5 Å². The van der Waals surface area contributed by atoms with E-state index in [1.165, 1.54) is 6.92 Å². The van der Waals surface area contributed by atoms with Crippen LogP contribution in [0.4, 0.5) is 0 Å². The first-order valence-electron chi connectivity index (χ1n) is 7.05. The molecule has 7 heteroatoms. The van der Waals surface area contributed by atoms with Crippen LogP contribution in [0, 0.1) is 0 Å². The number of carbonyl (C=O) groups excluding carboxylic acids is 2. The van der Waals surface area contributed by atoms with Gasteiger partial charge in [0.25, 0.3) is 11.5 Å². The van der Waals surface area contributed by atoms with Crippen molar-refractivity contribution in [1.29, 1.82) is 0 Å². The minimum Gasteiger partial charge on any atom is -0.448 e. The molecule has 1 aromatic heterocycles. The van der Waals surface area contributed by atoms with E-state index in [4.69, 9.17) is 4.74 Å². The van der Waals surface area contributed by atoms with Gasteiger partial charge in [-0.15, -0.1) is 0 Å². The third kappa shape index (κ3) is 2.83. The van der Waals surface area contributed by atoms with Crippen LogP contribution in [0.2, 0.25) is 0 Å². The van der Waals surface area contributed by atoms with E-state index in [1.54, 1.807) is 24.3 Å². The lowest BCUT2D eigenvalue weighted by molar-refractivity contribution is -0.129. The maximum atomic E-state index is 12.2. The molecule has 2 aromatic rings. The third-order valence-corrected chi connectivity index (χ3v) is 3.47. The molecule has 1 fully saturated rings. The molecular weight excluding hydrogens is 286 g/mol. The Morgan fingerprint density at radius 3 is 2.68 bits per heavy atom. The van der Waals surface area contributed by atoms with Crippen molar-refractivity contribution in [2.75, 3.05) is 0 Å². The highest BCUT2D eigenvalue weighted by Gasteiger charge is 2.28. The predicted molar refractivity (Wildman–Crippen MR) is 78.4 cm³/mol. The highest BCUT2D eigenvalue weighted by Crippen LogP contribution is 2.19. The Bertz CT molecular complexity index is 795. The van der Waals surface area contributed by atoms with E-state index in [9.17, 15) is 14.4 Å². The number of nitrogens with one attached hydrogen (secondary N) is 2. The zero-order valence-electron chi connectivity index (χ0n) is 12.0. The first-order chi connectivity index (χ1) is 10.6. The summed E-state index contributed by atoms with van der Waals surface area (Å²) in [6, 6.07) is 6.79. The maximum Gasteiger partial charge on any atom is 0.360 e. The predicted octanol–water partition coefficient (Wildman–Crippen LogP) is 0.747. The van der Waals surface area contributed by atoms with E-state index in [2.05, 4.69) is 15.5 Å². The lowest BCUT2D eigenvalue weighted by Crippen LogP contribution is -2.37. The van der Waals surface area contributed by atoms with Crippen molar-refractivity contribution in [3.05, 3.63) is 40.3 Å². The second kappa shape index (κ2) is 5.59. The molecule has 3 rings (SSSR count). The SMILES string of the molecule is C[C@@H](OC(=O)c1n[nH]c(=O)c2ccccc12)C(=O)NC1CC1. The van der Waals surface area contributed by atoms with Crippen LogP contribution in [0.15, 0.2) is 29.1 Å². The number of carbonyl (C=O) groups is 2. The third-order valence-electron chi connectivity index (χ3n) is 3.47. The molecule has 1 amide bonds. The standard InChI is InChI=1S/C15H15N3O4/c1-8(13(19)16-9-6-7-9)22-15(21)12-10-4-2-3-5-11(10)14(20)18-17-12/h2-5,8-9H,6-7H2,1H3,(H,16,19)(H,18,20)/t8-/m1/s1. The Balaban J connectivity index is 1.81. The molecule has 22 heavy (non-hydrogen) atoms. The Kier molecular flexibility index (Phi) is 3.62. The molecule has 1 atom stereocenters. The largest absolute Gasteiger partial charge is 0.448 e. The van der Waals surface area contributed by atoms with E-state index in [1.807, 2.05) is 0 Å². The molecule has 0 radical (unpaired) electrons. The van der Waals surface area contributed by atoms with Crippen LogP contribution in [0.3, 0.4) is 0 Å². The summed E-state index contributed by atoms with van der Waals surface area (Å²) in [5.74, 6) is -1.07. The normalized spacial score (nSPS) is 15.3. The van der Waals surface area contributed by atoms with Crippen LogP contribution in [0.5, 0.6) is 0 Å². The summed E-state index contributed by atoms with van der Waals surface area (Å²) in [5, 5.41) is 9.51. The molecule has 1 heterocycles. The van der Waals surface area contributed by atoms with Gasteiger partial charge in [-0.05, 0) is 25.8 Å². The van der Waals surface area contributed by atoms with Gasteiger partial charge in [0, 0.05) is 11.4 Å². The van der Waals surface area contributed by atoms with Crippen molar-refractivity contribution >= 4 is 22.6 Å². The number of H-pyrrole nitrogens is 1. The van der Waals surface area contributed by atoms with Gasteiger partial charge in [0.1, 0.15) is 0 Å². The molecule has 0 aliphatic heterocycles. The number of esters is 1. The number of nitrogens with zero attached hydrogens (tertiary/aromatic N) is 1. The Labute approximate surface area is 125 Å². The van der Waals surface area contributed by atoms with E-state index in [0.29, 0.717) is 10.8 Å². The van der Waals surface area contributed by atoms with Gasteiger partial charge in [-0.25, -0.2) is 9.89 Å². The lowest BCUT2D eigenvalue weighted by atomic mass is 10.1. The van der Waals surface area contributed by atoms with Crippen LogP contribution in [0.1, 0.15) is 30.3 Å². The van der Waals surface area contributed by atoms with Crippen molar-refractivity contribution in [2.45, 2.75) is 31.9 Å². The second-order valence-electron chi connectivity index (χ2n) is 5.28. The average molecular weight is 301 g/mol. The number of aromatic amines is 1. The molecule has 0 unspecified atom stereocenters. The quantitative estimate of drug-likeness (QED) is 0.811. The van der Waals surface area contributed by atoms with Gasteiger partial charge >= 0.3 is 5.97 Å². The highest BCUT2D eigenvalue weighted by molar-refractivity contribution is 6.02. The molecular formula is C15H15N3O4. The zero-order chi connectivity index (χ0) is 15.7. The van der Waals surface area contributed by atoms with Crippen LogP contribution in [-0.4, -0.2) is 34.2 Å². The molecule has 1 saturated carbocycles. The molecule has 0 bridgehead atoms. The summed E-state index contributed by atoms with van der Waals surface area (Å²) < 4.78 is 5.14. The number of amides is 1. The number of rotatable bonds is 4. The van der Waals surface area contributed by atoms with Gasteiger partial charge in [0.15, 0.2) is 11.8 Å². The van der Waals surface area contributed by atoms with Gasteiger partial charge in [0.05, 0.1) is 5.39 Å². The van der Waals surface area contributed by atoms with E-state index in [0.717, 1.165) is 12.8 Å². The molecule has 0 spiro atoms. The fourth-order valence-corrected chi connectivity index (χ4v) is 2.09. The molecule has 1 aliphatic rings. The van der Waals surface area contributed by atoms with Crippen LogP contribution < -0.4 is 10.9 Å². The fraction of sp³-hybridized carbons (Fsp3) is 0.333. The van der Waals surface area contributed by atoms with Crippen LogP contribution >= 0.6 is 0 Å². The Morgan fingerprint density at radius 2 is 2.00 bits per heavy atom. The van der Waals surface area contributed by atoms with Gasteiger partial charge in [-0.2, -0.15) is 5.10 Å². The fourth-order valence-electron chi connectivity index (χ4n) is 2.09. The van der Waals surface area contributed by atoms with Gasteiger partial charge in [-0.1, -0.05) is 18.2 Å². The summed E-state index contributed by atoms with van der Waals surface area (Å²) in [4.78, 5) is 35.7. The maximum absolute atomic E-state index is 12.2. The Morgan fingerprint density at radius 1 is 1.32 bits per heavy atom. The van der Waals surface area contributed by atoms with Crippen molar-refractivity contribution in [3.8, 4) is 0 Å². The van der Waals surface area contributed by atoms with E-state index < -0.39 is 12.1 Å². The summed E-state index contributed by atoms with van der Waals surface area (Å²) in [6.07, 6.45) is 0.998. The summed E-state index contributed by atoms with van der Waals surface area (Å²) in [7, 11) is 0. The zero-order valence-corrected chi connectivity index (χ0v) is 12.0. The molecule has 7 nitrogen and oxygen atoms in total. The summed E-state index contributed by atoms with van der Waals surface area (Å²) >= 11 is 0. The minimum atomic E-state index is -0.916. The first kappa shape index (κ1) is 14.2. The van der Waals surface area contributed by atoms with Gasteiger partial charge in [0.2, 0.25) is 0 Å². The van der Waals surface area contributed by atoms with E-state index >= 15 is 0 Å². The number of fused-ring (bicyclic) bond motifs is 1.